The Hall–Kier alpha value is -3.25. The number of sulfonamides is 1. The molecule has 32 heavy (non-hydrogen) atoms. The van der Waals surface area contributed by atoms with Gasteiger partial charge in [0.05, 0.1) is 17.6 Å². The van der Waals surface area contributed by atoms with Gasteiger partial charge in [0, 0.05) is 13.2 Å². The largest absolute Gasteiger partial charge is 0.455 e. The standard InChI is InChI=1S/C20H23N5O6S/c1-24-12-14(10-21-24)32(29,30)22-11-18(27)31-13-17(26)25-16-7-3-2-6-15(16)23-19(28)20(25)8-4-5-9-20/h2-3,6-7,10,12,22H,4-5,8-9,11,13H2,1H3,(H,23,28). The molecule has 1 fully saturated rings. The fourth-order valence-electron chi connectivity index (χ4n) is 4.16. The van der Waals surface area contributed by atoms with Crippen LogP contribution in [0.5, 0.6) is 0 Å². The zero-order valence-electron chi connectivity index (χ0n) is 17.4. The first-order chi connectivity index (χ1) is 15.2. The van der Waals surface area contributed by atoms with Gasteiger partial charge in [-0.05, 0) is 25.0 Å². The minimum Gasteiger partial charge on any atom is -0.455 e. The van der Waals surface area contributed by atoms with E-state index < -0.39 is 40.6 Å². The summed E-state index contributed by atoms with van der Waals surface area (Å²) in [6, 6.07) is 6.95. The molecule has 2 N–H and O–H groups in total. The lowest BCUT2D eigenvalue weighted by Gasteiger charge is -2.44. The van der Waals surface area contributed by atoms with Crippen molar-refractivity contribution < 1.29 is 27.5 Å². The van der Waals surface area contributed by atoms with Crippen LogP contribution in [0.4, 0.5) is 11.4 Å². The van der Waals surface area contributed by atoms with E-state index in [4.69, 9.17) is 4.74 Å². The van der Waals surface area contributed by atoms with Gasteiger partial charge in [-0.1, -0.05) is 25.0 Å². The summed E-state index contributed by atoms with van der Waals surface area (Å²) >= 11 is 0. The van der Waals surface area contributed by atoms with Crippen LogP contribution in [0.25, 0.3) is 0 Å². The molecule has 0 atom stereocenters. The number of nitrogens with one attached hydrogen (secondary N) is 2. The summed E-state index contributed by atoms with van der Waals surface area (Å²) < 4.78 is 32.8. The Kier molecular flexibility index (Phi) is 5.73. The molecule has 2 aliphatic rings. The summed E-state index contributed by atoms with van der Waals surface area (Å²) in [5, 5.41) is 6.65. The van der Waals surface area contributed by atoms with Gasteiger partial charge in [0.15, 0.2) is 6.61 Å². The molecular formula is C20H23N5O6S. The van der Waals surface area contributed by atoms with Crippen LogP contribution < -0.4 is 14.9 Å². The Morgan fingerprint density at radius 1 is 1.25 bits per heavy atom. The molecule has 12 heteroatoms. The number of anilines is 2. The molecule has 2 amide bonds. The number of amides is 2. The number of esters is 1. The molecule has 11 nitrogen and oxygen atoms in total. The maximum atomic E-state index is 13.1. The van der Waals surface area contributed by atoms with Gasteiger partial charge in [0.25, 0.3) is 11.8 Å². The summed E-state index contributed by atoms with van der Waals surface area (Å²) in [4.78, 5) is 39.5. The van der Waals surface area contributed by atoms with E-state index in [2.05, 4.69) is 15.1 Å². The molecule has 1 saturated carbocycles. The highest BCUT2D eigenvalue weighted by molar-refractivity contribution is 7.89. The minimum absolute atomic E-state index is 0.0945. The number of aromatic nitrogens is 2. The number of nitrogens with zero attached hydrogens (tertiary/aromatic N) is 3. The Balaban J connectivity index is 1.43. The molecule has 0 saturated heterocycles. The topological polar surface area (TPSA) is 140 Å². The first-order valence-corrected chi connectivity index (χ1v) is 11.6. The van der Waals surface area contributed by atoms with Crippen molar-refractivity contribution in [3.8, 4) is 0 Å². The zero-order valence-corrected chi connectivity index (χ0v) is 18.2. The number of carbonyl (C=O) groups is 3. The van der Waals surface area contributed by atoms with Gasteiger partial charge in [-0.15, -0.1) is 0 Å². The fraction of sp³-hybridized carbons (Fsp3) is 0.400. The second-order valence-corrected chi connectivity index (χ2v) is 9.54. The molecule has 1 aromatic carbocycles. The highest BCUT2D eigenvalue weighted by atomic mass is 32.2. The second-order valence-electron chi connectivity index (χ2n) is 7.77. The van der Waals surface area contributed by atoms with Crippen LogP contribution in [0.15, 0.2) is 41.6 Å². The molecule has 1 aliphatic carbocycles. The first-order valence-electron chi connectivity index (χ1n) is 10.1. The number of hydrogen-bond donors (Lipinski definition) is 2. The number of benzene rings is 1. The van der Waals surface area contributed by atoms with Crippen LogP contribution in [-0.2, 0) is 36.2 Å². The molecule has 1 spiro atoms. The van der Waals surface area contributed by atoms with Crippen molar-refractivity contribution in [1.82, 2.24) is 14.5 Å². The van der Waals surface area contributed by atoms with Crippen LogP contribution in [0.3, 0.4) is 0 Å². The van der Waals surface area contributed by atoms with Crippen molar-refractivity contribution >= 4 is 39.2 Å². The molecular weight excluding hydrogens is 438 g/mol. The highest BCUT2D eigenvalue weighted by Crippen LogP contribution is 2.45. The van der Waals surface area contributed by atoms with Gasteiger partial charge in [-0.3, -0.25) is 24.0 Å². The van der Waals surface area contributed by atoms with Crippen LogP contribution in [-0.4, -0.2) is 54.7 Å². The second kappa shape index (κ2) is 8.36. The van der Waals surface area contributed by atoms with Gasteiger partial charge < -0.3 is 10.1 Å². The van der Waals surface area contributed by atoms with Crippen LogP contribution >= 0.6 is 0 Å². The van der Waals surface area contributed by atoms with Gasteiger partial charge in [0.1, 0.15) is 17.0 Å². The van der Waals surface area contributed by atoms with Gasteiger partial charge in [-0.25, -0.2) is 8.42 Å². The summed E-state index contributed by atoms with van der Waals surface area (Å²) in [7, 11) is -2.38. The normalized spacial score (nSPS) is 17.2. The number of aryl methyl sites for hydroxylation is 1. The van der Waals surface area contributed by atoms with Crippen molar-refractivity contribution in [2.75, 3.05) is 23.4 Å². The Morgan fingerprint density at radius 2 is 1.97 bits per heavy atom. The van der Waals surface area contributed by atoms with Crippen LogP contribution in [0, 0.1) is 0 Å². The smallest absolute Gasteiger partial charge is 0.321 e. The maximum Gasteiger partial charge on any atom is 0.321 e. The minimum atomic E-state index is -3.94. The van der Waals surface area contributed by atoms with Gasteiger partial charge >= 0.3 is 5.97 Å². The van der Waals surface area contributed by atoms with E-state index >= 15 is 0 Å². The van der Waals surface area contributed by atoms with Crippen LogP contribution in [0.2, 0.25) is 0 Å². The van der Waals surface area contributed by atoms with E-state index in [-0.39, 0.29) is 10.8 Å². The lowest BCUT2D eigenvalue weighted by atomic mass is 9.90. The third-order valence-corrected chi connectivity index (χ3v) is 7.03. The molecule has 1 aliphatic heterocycles. The van der Waals surface area contributed by atoms with Crippen molar-refractivity contribution in [3.63, 3.8) is 0 Å². The number of rotatable bonds is 6. The number of fused-ring (bicyclic) bond motifs is 1. The van der Waals surface area contributed by atoms with Crippen molar-refractivity contribution in [2.45, 2.75) is 36.1 Å². The monoisotopic (exact) mass is 461 g/mol. The van der Waals surface area contributed by atoms with E-state index in [1.165, 1.54) is 15.8 Å². The molecule has 0 unspecified atom stereocenters. The highest BCUT2D eigenvalue weighted by Gasteiger charge is 2.52. The van der Waals surface area contributed by atoms with E-state index in [1.54, 1.807) is 31.3 Å². The number of hydrogen-bond acceptors (Lipinski definition) is 7. The predicted octanol–water partition coefficient (Wildman–Crippen LogP) is 0.540. The third-order valence-electron chi connectivity index (χ3n) is 5.68. The average molecular weight is 462 g/mol. The lowest BCUT2D eigenvalue weighted by molar-refractivity contribution is -0.147. The summed E-state index contributed by atoms with van der Waals surface area (Å²) in [6.45, 7) is -1.26. The summed E-state index contributed by atoms with van der Waals surface area (Å²) in [6.07, 6.45) is 5.06. The van der Waals surface area contributed by atoms with E-state index in [1.807, 2.05) is 0 Å². The summed E-state index contributed by atoms with van der Waals surface area (Å²) in [5.41, 5.74) is 0.0472. The Bertz CT molecular complexity index is 1170. The van der Waals surface area contributed by atoms with Crippen molar-refractivity contribution in [3.05, 3.63) is 36.7 Å². The molecule has 4 rings (SSSR count). The van der Waals surface area contributed by atoms with Crippen LogP contribution in [0.1, 0.15) is 25.7 Å². The Morgan fingerprint density at radius 3 is 2.66 bits per heavy atom. The Labute approximate surface area is 184 Å². The van der Waals surface area contributed by atoms with Gasteiger partial charge in [-0.2, -0.15) is 9.82 Å². The fourth-order valence-corrected chi connectivity index (χ4v) is 5.11. The lowest BCUT2D eigenvalue weighted by Crippen LogP contribution is -2.61. The number of carbonyl (C=O) groups excluding carboxylic acids is 3. The average Bonchev–Trinajstić information content (AvgIpc) is 3.42. The zero-order chi connectivity index (χ0) is 22.9. The van der Waals surface area contributed by atoms with E-state index in [0.29, 0.717) is 24.2 Å². The molecule has 0 bridgehead atoms. The van der Waals surface area contributed by atoms with E-state index in [0.717, 1.165) is 19.0 Å². The summed E-state index contributed by atoms with van der Waals surface area (Å²) in [5.74, 6) is -1.71. The molecule has 1 aromatic heterocycles. The number of para-hydroxylation sites is 2. The van der Waals surface area contributed by atoms with E-state index in [9.17, 15) is 22.8 Å². The van der Waals surface area contributed by atoms with Crippen molar-refractivity contribution in [2.24, 2.45) is 7.05 Å². The predicted molar refractivity (Wildman–Crippen MR) is 113 cm³/mol. The third kappa shape index (κ3) is 3.98. The van der Waals surface area contributed by atoms with Gasteiger partial charge in [0.2, 0.25) is 10.0 Å². The quantitative estimate of drug-likeness (QED) is 0.599. The SMILES string of the molecule is Cn1cc(S(=O)(=O)NCC(=O)OCC(=O)N2c3ccccc3NC(=O)C23CCCC3)cn1. The molecule has 170 valence electrons. The number of ether oxygens (including phenoxy) is 1. The molecule has 0 radical (unpaired) electrons. The molecule has 2 aromatic rings. The molecule has 2 heterocycles. The first kappa shape index (κ1) is 22.0. The maximum absolute atomic E-state index is 13.1. The van der Waals surface area contributed by atoms with Crippen molar-refractivity contribution in [1.29, 1.82) is 0 Å².